The predicted octanol–water partition coefficient (Wildman–Crippen LogP) is 1.50. The number of aromatic nitrogens is 2. The lowest BCUT2D eigenvalue weighted by Gasteiger charge is -2.30. The van der Waals surface area contributed by atoms with Crippen LogP contribution in [0.1, 0.15) is 31.5 Å². The van der Waals surface area contributed by atoms with E-state index in [0.717, 1.165) is 19.8 Å². The maximum atomic E-state index is 5.58. The first-order valence-electron chi connectivity index (χ1n) is 6.10. The second kappa shape index (κ2) is 5.46. The SMILES string of the molecule is CCNC(c1cncn1C)C1CCCOC1. The molecule has 0 aliphatic carbocycles. The Morgan fingerprint density at radius 2 is 2.56 bits per heavy atom. The van der Waals surface area contributed by atoms with Crippen molar-refractivity contribution < 1.29 is 4.74 Å². The van der Waals surface area contributed by atoms with Gasteiger partial charge in [-0.2, -0.15) is 0 Å². The van der Waals surface area contributed by atoms with Crippen LogP contribution < -0.4 is 5.32 Å². The van der Waals surface area contributed by atoms with Gasteiger partial charge in [0.05, 0.1) is 24.7 Å². The summed E-state index contributed by atoms with van der Waals surface area (Å²) in [7, 11) is 2.05. The fourth-order valence-corrected chi connectivity index (χ4v) is 2.43. The van der Waals surface area contributed by atoms with Crippen LogP contribution in [0.3, 0.4) is 0 Å². The Labute approximate surface area is 97.0 Å². The van der Waals surface area contributed by atoms with E-state index in [-0.39, 0.29) is 0 Å². The summed E-state index contributed by atoms with van der Waals surface area (Å²) in [5, 5.41) is 3.55. The molecule has 2 rings (SSSR count). The highest BCUT2D eigenvalue weighted by molar-refractivity contribution is 5.07. The van der Waals surface area contributed by atoms with E-state index >= 15 is 0 Å². The normalized spacial score (nSPS) is 23.2. The van der Waals surface area contributed by atoms with Gasteiger partial charge in [-0.25, -0.2) is 4.98 Å². The Morgan fingerprint density at radius 1 is 1.69 bits per heavy atom. The summed E-state index contributed by atoms with van der Waals surface area (Å²) in [4.78, 5) is 4.20. The molecule has 1 N–H and O–H groups in total. The molecule has 2 atom stereocenters. The quantitative estimate of drug-likeness (QED) is 0.840. The van der Waals surface area contributed by atoms with Gasteiger partial charge in [-0.1, -0.05) is 6.92 Å². The third-order valence-electron chi connectivity index (χ3n) is 3.26. The molecule has 0 radical (unpaired) electrons. The van der Waals surface area contributed by atoms with Crippen LogP contribution in [0.15, 0.2) is 12.5 Å². The maximum absolute atomic E-state index is 5.58. The Balaban J connectivity index is 2.12. The first kappa shape index (κ1) is 11.6. The zero-order chi connectivity index (χ0) is 11.4. The van der Waals surface area contributed by atoms with Crippen molar-refractivity contribution in [3.05, 3.63) is 18.2 Å². The molecule has 0 aromatic carbocycles. The first-order chi connectivity index (χ1) is 7.83. The number of imidazole rings is 1. The van der Waals surface area contributed by atoms with Gasteiger partial charge in [0.2, 0.25) is 0 Å². The average Bonchev–Trinajstić information content (AvgIpc) is 2.73. The van der Waals surface area contributed by atoms with Crippen molar-refractivity contribution in [1.82, 2.24) is 14.9 Å². The monoisotopic (exact) mass is 223 g/mol. The molecular weight excluding hydrogens is 202 g/mol. The molecule has 4 heteroatoms. The van der Waals surface area contributed by atoms with E-state index in [9.17, 15) is 0 Å². The average molecular weight is 223 g/mol. The molecule has 0 amide bonds. The molecule has 90 valence electrons. The lowest BCUT2D eigenvalue weighted by Crippen LogP contribution is -2.34. The second-order valence-electron chi connectivity index (χ2n) is 4.44. The molecule has 1 aliphatic heterocycles. The smallest absolute Gasteiger partial charge is 0.0946 e. The highest BCUT2D eigenvalue weighted by atomic mass is 16.5. The number of aryl methyl sites for hydroxylation is 1. The van der Waals surface area contributed by atoms with Gasteiger partial charge in [-0.3, -0.25) is 0 Å². The minimum absolute atomic E-state index is 0.373. The molecule has 1 aromatic heterocycles. The molecular formula is C12H21N3O. The lowest BCUT2D eigenvalue weighted by molar-refractivity contribution is 0.0382. The van der Waals surface area contributed by atoms with E-state index < -0.39 is 0 Å². The third-order valence-corrected chi connectivity index (χ3v) is 3.26. The van der Waals surface area contributed by atoms with Crippen LogP contribution in [0.5, 0.6) is 0 Å². The van der Waals surface area contributed by atoms with Crippen molar-refractivity contribution in [2.24, 2.45) is 13.0 Å². The summed E-state index contributed by atoms with van der Waals surface area (Å²) in [5.74, 6) is 0.573. The van der Waals surface area contributed by atoms with E-state index in [2.05, 4.69) is 28.8 Å². The van der Waals surface area contributed by atoms with Crippen molar-refractivity contribution in [3.8, 4) is 0 Å². The molecule has 0 saturated carbocycles. The van der Waals surface area contributed by atoms with Crippen molar-refractivity contribution >= 4 is 0 Å². The lowest BCUT2D eigenvalue weighted by atomic mass is 9.91. The number of rotatable bonds is 4. The molecule has 2 unspecified atom stereocenters. The van der Waals surface area contributed by atoms with Crippen molar-refractivity contribution in [2.75, 3.05) is 19.8 Å². The fourth-order valence-electron chi connectivity index (χ4n) is 2.43. The number of nitrogens with zero attached hydrogens (tertiary/aromatic N) is 2. The molecule has 16 heavy (non-hydrogen) atoms. The topological polar surface area (TPSA) is 39.1 Å². The van der Waals surface area contributed by atoms with Crippen LogP contribution in [0.2, 0.25) is 0 Å². The van der Waals surface area contributed by atoms with Gasteiger partial charge >= 0.3 is 0 Å². The van der Waals surface area contributed by atoms with Crippen molar-refractivity contribution in [1.29, 1.82) is 0 Å². The molecule has 1 fully saturated rings. The van der Waals surface area contributed by atoms with E-state index in [1.165, 1.54) is 18.5 Å². The fraction of sp³-hybridized carbons (Fsp3) is 0.750. The molecule has 1 saturated heterocycles. The highest BCUT2D eigenvalue weighted by Crippen LogP contribution is 2.28. The zero-order valence-corrected chi connectivity index (χ0v) is 10.1. The van der Waals surface area contributed by atoms with Crippen molar-refractivity contribution in [2.45, 2.75) is 25.8 Å². The van der Waals surface area contributed by atoms with Crippen LogP contribution >= 0.6 is 0 Å². The Kier molecular flexibility index (Phi) is 3.96. The minimum Gasteiger partial charge on any atom is -0.381 e. The minimum atomic E-state index is 0.373. The molecule has 0 spiro atoms. The number of ether oxygens (including phenoxy) is 1. The summed E-state index contributed by atoms with van der Waals surface area (Å²) < 4.78 is 7.68. The summed E-state index contributed by atoms with van der Waals surface area (Å²) in [6.45, 7) is 4.91. The standard InChI is InChI=1S/C12H21N3O/c1-3-14-12(10-5-4-6-16-8-10)11-7-13-9-15(11)2/h7,9-10,12,14H,3-6,8H2,1-2H3. The highest BCUT2D eigenvalue weighted by Gasteiger charge is 2.26. The summed E-state index contributed by atoms with van der Waals surface area (Å²) in [6.07, 6.45) is 6.23. The second-order valence-corrected chi connectivity index (χ2v) is 4.44. The van der Waals surface area contributed by atoms with Gasteiger partial charge in [0.1, 0.15) is 0 Å². The van der Waals surface area contributed by atoms with Gasteiger partial charge in [-0.05, 0) is 19.4 Å². The number of hydrogen-bond acceptors (Lipinski definition) is 3. The zero-order valence-electron chi connectivity index (χ0n) is 10.1. The van der Waals surface area contributed by atoms with Crippen LogP contribution in [-0.2, 0) is 11.8 Å². The Morgan fingerprint density at radius 3 is 3.12 bits per heavy atom. The van der Waals surface area contributed by atoms with Gasteiger partial charge in [0, 0.05) is 25.8 Å². The predicted molar refractivity (Wildman–Crippen MR) is 63.2 cm³/mol. The van der Waals surface area contributed by atoms with Crippen LogP contribution in [0, 0.1) is 5.92 Å². The summed E-state index contributed by atoms with van der Waals surface area (Å²) in [5.41, 5.74) is 1.26. The Bertz CT molecular complexity index is 318. The van der Waals surface area contributed by atoms with Gasteiger partial charge in [0.25, 0.3) is 0 Å². The molecule has 0 bridgehead atoms. The van der Waals surface area contributed by atoms with Crippen molar-refractivity contribution in [3.63, 3.8) is 0 Å². The van der Waals surface area contributed by atoms with Gasteiger partial charge < -0.3 is 14.6 Å². The molecule has 1 aliphatic rings. The van der Waals surface area contributed by atoms with Gasteiger partial charge in [0.15, 0.2) is 0 Å². The van der Waals surface area contributed by atoms with Crippen LogP contribution in [-0.4, -0.2) is 29.3 Å². The Hall–Kier alpha value is -0.870. The number of nitrogens with one attached hydrogen (secondary N) is 1. The van der Waals surface area contributed by atoms with E-state index in [1.54, 1.807) is 0 Å². The maximum Gasteiger partial charge on any atom is 0.0946 e. The van der Waals surface area contributed by atoms with Gasteiger partial charge in [-0.15, -0.1) is 0 Å². The van der Waals surface area contributed by atoms with E-state index in [0.29, 0.717) is 12.0 Å². The first-order valence-corrected chi connectivity index (χ1v) is 6.10. The van der Waals surface area contributed by atoms with Crippen LogP contribution in [0.25, 0.3) is 0 Å². The molecule has 1 aromatic rings. The number of hydrogen-bond donors (Lipinski definition) is 1. The van der Waals surface area contributed by atoms with Crippen LogP contribution in [0.4, 0.5) is 0 Å². The van der Waals surface area contributed by atoms with E-state index in [4.69, 9.17) is 4.74 Å². The largest absolute Gasteiger partial charge is 0.381 e. The molecule has 4 nitrogen and oxygen atoms in total. The summed E-state index contributed by atoms with van der Waals surface area (Å²) in [6, 6.07) is 0.373. The van der Waals surface area contributed by atoms with E-state index in [1.807, 2.05) is 12.5 Å². The molecule has 2 heterocycles. The summed E-state index contributed by atoms with van der Waals surface area (Å²) >= 11 is 0. The third kappa shape index (κ3) is 2.44.